The Balaban J connectivity index is 0.00000264. The van der Waals surface area contributed by atoms with Gasteiger partial charge in [-0.05, 0) is 36.6 Å². The first-order valence-electron chi connectivity index (χ1n) is 7.53. The molecule has 0 aromatic heterocycles. The van der Waals surface area contributed by atoms with Crippen LogP contribution in [-0.2, 0) is 11.2 Å². The molecule has 0 amide bonds. The molecule has 1 fully saturated rings. The second-order valence-electron chi connectivity index (χ2n) is 5.57. The summed E-state index contributed by atoms with van der Waals surface area (Å²) in [4.78, 5) is 6.53. The van der Waals surface area contributed by atoms with Gasteiger partial charge in [0.1, 0.15) is 0 Å². The van der Waals surface area contributed by atoms with Crippen molar-refractivity contribution in [3.63, 3.8) is 0 Å². The van der Waals surface area contributed by atoms with Gasteiger partial charge in [-0.1, -0.05) is 27.5 Å². The third-order valence-electron chi connectivity index (χ3n) is 3.81. The Morgan fingerprint density at radius 2 is 2.30 bits per heavy atom. The van der Waals surface area contributed by atoms with Crippen molar-refractivity contribution in [1.29, 1.82) is 0 Å². The molecule has 1 aromatic rings. The van der Waals surface area contributed by atoms with Gasteiger partial charge in [0, 0.05) is 49.2 Å². The van der Waals surface area contributed by atoms with Gasteiger partial charge in [-0.25, -0.2) is 0 Å². The minimum atomic E-state index is 0. The minimum absolute atomic E-state index is 0. The predicted molar refractivity (Wildman–Crippen MR) is 111 cm³/mol. The minimum Gasteiger partial charge on any atom is -0.381 e. The summed E-state index contributed by atoms with van der Waals surface area (Å²) in [5, 5.41) is 4.17. The van der Waals surface area contributed by atoms with Gasteiger partial charge in [-0.3, -0.25) is 4.99 Å². The van der Waals surface area contributed by atoms with E-state index in [0.29, 0.717) is 5.92 Å². The summed E-state index contributed by atoms with van der Waals surface area (Å²) in [5.74, 6) is 1.52. The molecule has 1 aliphatic heterocycles. The highest BCUT2D eigenvalue weighted by Gasteiger charge is 2.18. The number of halogens is 3. The summed E-state index contributed by atoms with van der Waals surface area (Å²) < 4.78 is 6.52. The van der Waals surface area contributed by atoms with Crippen LogP contribution in [0.3, 0.4) is 0 Å². The molecule has 4 nitrogen and oxygen atoms in total. The zero-order valence-electron chi connectivity index (χ0n) is 13.5. The zero-order chi connectivity index (χ0) is 15.9. The number of hydrogen-bond acceptors (Lipinski definition) is 2. The Morgan fingerprint density at radius 3 is 2.96 bits per heavy atom. The molecule has 1 heterocycles. The van der Waals surface area contributed by atoms with Crippen LogP contribution in [0, 0.1) is 5.92 Å². The zero-order valence-corrected chi connectivity index (χ0v) is 18.2. The van der Waals surface area contributed by atoms with Crippen molar-refractivity contribution >= 4 is 57.5 Å². The molecule has 0 radical (unpaired) electrons. The molecule has 0 saturated carbocycles. The van der Waals surface area contributed by atoms with Gasteiger partial charge >= 0.3 is 0 Å². The largest absolute Gasteiger partial charge is 0.381 e. The highest BCUT2D eigenvalue weighted by atomic mass is 127. The molecule has 1 unspecified atom stereocenters. The number of guanidine groups is 1. The van der Waals surface area contributed by atoms with Crippen LogP contribution in [0.2, 0.25) is 5.02 Å². The van der Waals surface area contributed by atoms with E-state index < -0.39 is 0 Å². The summed E-state index contributed by atoms with van der Waals surface area (Å²) in [7, 11) is 3.89. The highest BCUT2D eigenvalue weighted by molar-refractivity contribution is 14.0. The molecular weight excluding hydrogens is 492 g/mol. The van der Waals surface area contributed by atoms with E-state index in [2.05, 4.69) is 38.2 Å². The van der Waals surface area contributed by atoms with Gasteiger partial charge in [-0.15, -0.1) is 24.0 Å². The number of rotatable bonds is 5. The summed E-state index contributed by atoms with van der Waals surface area (Å²) >= 11 is 9.61. The molecule has 1 saturated heterocycles. The molecule has 2 rings (SSSR count). The maximum absolute atomic E-state index is 6.05. The first-order valence-corrected chi connectivity index (χ1v) is 8.70. The molecule has 0 aliphatic carbocycles. The SMILES string of the molecule is CN=C(NCCc1cc(Cl)ccc1Br)N(C)CC1CCOC1.I. The van der Waals surface area contributed by atoms with Crippen molar-refractivity contribution in [1.82, 2.24) is 10.2 Å². The maximum Gasteiger partial charge on any atom is 0.193 e. The van der Waals surface area contributed by atoms with E-state index in [1.807, 2.05) is 25.2 Å². The normalized spacial score (nSPS) is 17.7. The first-order chi connectivity index (χ1) is 10.6. The van der Waals surface area contributed by atoms with Crippen molar-refractivity contribution in [2.24, 2.45) is 10.9 Å². The van der Waals surface area contributed by atoms with E-state index in [1.165, 1.54) is 5.56 Å². The van der Waals surface area contributed by atoms with Gasteiger partial charge in [0.05, 0.1) is 6.61 Å². The molecule has 7 heteroatoms. The number of nitrogens with one attached hydrogen (secondary N) is 1. The average molecular weight is 517 g/mol. The van der Waals surface area contributed by atoms with E-state index in [4.69, 9.17) is 16.3 Å². The molecule has 1 N–H and O–H groups in total. The lowest BCUT2D eigenvalue weighted by Gasteiger charge is -2.24. The Bertz CT molecular complexity index is 524. The van der Waals surface area contributed by atoms with E-state index in [-0.39, 0.29) is 24.0 Å². The van der Waals surface area contributed by atoms with Crippen molar-refractivity contribution in [3.05, 3.63) is 33.3 Å². The van der Waals surface area contributed by atoms with Crippen LogP contribution < -0.4 is 5.32 Å². The molecule has 1 aromatic carbocycles. The second kappa shape index (κ2) is 10.7. The molecule has 130 valence electrons. The van der Waals surface area contributed by atoms with Crippen molar-refractivity contribution < 1.29 is 4.74 Å². The lowest BCUT2D eigenvalue weighted by atomic mass is 10.1. The number of hydrogen-bond donors (Lipinski definition) is 1. The Kier molecular flexibility index (Phi) is 9.80. The van der Waals surface area contributed by atoms with Gasteiger partial charge in [-0.2, -0.15) is 0 Å². The molecule has 1 atom stereocenters. The van der Waals surface area contributed by atoms with Crippen LogP contribution in [0.15, 0.2) is 27.7 Å². The summed E-state index contributed by atoms with van der Waals surface area (Å²) in [6.07, 6.45) is 2.03. The first kappa shape index (κ1) is 21.0. The van der Waals surface area contributed by atoms with E-state index >= 15 is 0 Å². The quantitative estimate of drug-likeness (QED) is 0.368. The van der Waals surface area contributed by atoms with Gasteiger partial charge < -0.3 is 15.0 Å². The average Bonchev–Trinajstić information content (AvgIpc) is 2.99. The number of nitrogens with zero attached hydrogens (tertiary/aromatic N) is 2. The smallest absolute Gasteiger partial charge is 0.193 e. The van der Waals surface area contributed by atoms with Crippen LogP contribution in [0.25, 0.3) is 0 Å². The Hall–Kier alpha value is -0.0500. The van der Waals surface area contributed by atoms with Crippen LogP contribution in [0.4, 0.5) is 0 Å². The monoisotopic (exact) mass is 515 g/mol. The maximum atomic E-state index is 6.05. The van der Waals surface area contributed by atoms with Crippen LogP contribution >= 0.6 is 51.5 Å². The molecule has 23 heavy (non-hydrogen) atoms. The third-order valence-corrected chi connectivity index (χ3v) is 4.82. The highest BCUT2D eigenvalue weighted by Crippen LogP contribution is 2.21. The fraction of sp³-hybridized carbons (Fsp3) is 0.562. The van der Waals surface area contributed by atoms with Gasteiger partial charge in [0.15, 0.2) is 5.96 Å². The van der Waals surface area contributed by atoms with Gasteiger partial charge in [0.25, 0.3) is 0 Å². The van der Waals surface area contributed by atoms with E-state index in [1.54, 1.807) is 0 Å². The molecule has 0 spiro atoms. The fourth-order valence-corrected chi connectivity index (χ4v) is 3.27. The summed E-state index contributed by atoms with van der Waals surface area (Å²) in [6.45, 7) is 3.53. The standard InChI is InChI=1S/C16H23BrClN3O.HI/c1-19-16(21(2)10-12-6-8-22-11-12)20-7-5-13-9-14(18)3-4-15(13)17;/h3-4,9,12H,5-8,10-11H2,1-2H3,(H,19,20);1H. The van der Waals surface area contributed by atoms with Crippen molar-refractivity contribution in [2.75, 3.05) is 40.4 Å². The lowest BCUT2D eigenvalue weighted by molar-refractivity contribution is 0.181. The van der Waals surface area contributed by atoms with Crippen LogP contribution in [-0.4, -0.2) is 51.3 Å². The third kappa shape index (κ3) is 6.76. The van der Waals surface area contributed by atoms with Crippen molar-refractivity contribution in [3.8, 4) is 0 Å². The number of benzene rings is 1. The topological polar surface area (TPSA) is 36.9 Å². The summed E-state index contributed by atoms with van der Waals surface area (Å²) in [5.41, 5.74) is 1.20. The van der Waals surface area contributed by atoms with Crippen LogP contribution in [0.5, 0.6) is 0 Å². The lowest BCUT2D eigenvalue weighted by Crippen LogP contribution is -2.42. The summed E-state index contributed by atoms with van der Waals surface area (Å²) in [6, 6.07) is 5.87. The van der Waals surface area contributed by atoms with E-state index in [9.17, 15) is 0 Å². The molecule has 1 aliphatic rings. The van der Waals surface area contributed by atoms with Crippen LogP contribution in [0.1, 0.15) is 12.0 Å². The number of ether oxygens (including phenoxy) is 1. The Labute approximate surface area is 169 Å². The fourth-order valence-electron chi connectivity index (χ4n) is 2.63. The predicted octanol–water partition coefficient (Wildman–Crippen LogP) is 3.81. The Morgan fingerprint density at radius 1 is 1.52 bits per heavy atom. The van der Waals surface area contributed by atoms with E-state index in [0.717, 1.165) is 54.6 Å². The van der Waals surface area contributed by atoms with Crippen molar-refractivity contribution in [2.45, 2.75) is 12.8 Å². The molecule has 0 bridgehead atoms. The van der Waals surface area contributed by atoms with Gasteiger partial charge in [0.2, 0.25) is 0 Å². The second-order valence-corrected chi connectivity index (χ2v) is 6.86. The molecular formula is C16H24BrClIN3O. The number of aliphatic imine (C=N–C) groups is 1.